The first kappa shape index (κ1) is 12.4. The fourth-order valence-electron chi connectivity index (χ4n) is 1.86. The lowest BCUT2D eigenvalue weighted by Crippen LogP contribution is -2.10. The van der Waals surface area contributed by atoms with Gasteiger partial charge in [-0.15, -0.1) is 0 Å². The van der Waals surface area contributed by atoms with Crippen molar-refractivity contribution < 1.29 is 4.79 Å². The lowest BCUT2D eigenvalue weighted by molar-refractivity contribution is -0.117. The number of allylic oxidation sites excluding steroid dienone is 4. The molecule has 84 valence electrons. The van der Waals surface area contributed by atoms with Crippen molar-refractivity contribution >= 4 is 5.78 Å². The summed E-state index contributed by atoms with van der Waals surface area (Å²) >= 11 is 0. The van der Waals surface area contributed by atoms with Crippen LogP contribution in [0.4, 0.5) is 0 Å². The van der Waals surface area contributed by atoms with Crippen LogP contribution in [-0.2, 0) is 4.79 Å². The summed E-state index contributed by atoms with van der Waals surface area (Å²) < 4.78 is 0. The highest BCUT2D eigenvalue weighted by molar-refractivity contribution is 5.87. The predicted octanol–water partition coefficient (Wildman–Crippen LogP) is 3.88. The molecule has 0 aliphatic carbocycles. The summed E-state index contributed by atoms with van der Waals surface area (Å²) in [5.74, 6) is 0.0415. The SMILES string of the molecule is C/C=C\C(=C/C)C(C(C)=O)c1ccccc1. The zero-order chi connectivity index (χ0) is 12.0. The molecular formula is C15H18O. The minimum atomic E-state index is -0.137. The zero-order valence-corrected chi connectivity index (χ0v) is 10.1. The molecule has 0 aliphatic heterocycles. The molecular weight excluding hydrogens is 196 g/mol. The standard InChI is InChI=1S/C15H18O/c1-4-9-13(5-2)15(12(3)16)14-10-7-6-8-11-14/h4-11,15H,1-3H3/b9-4-,13-5+. The van der Waals surface area contributed by atoms with Crippen molar-refractivity contribution in [3.05, 3.63) is 59.7 Å². The van der Waals surface area contributed by atoms with E-state index in [4.69, 9.17) is 0 Å². The van der Waals surface area contributed by atoms with Crippen molar-refractivity contribution in [3.63, 3.8) is 0 Å². The van der Waals surface area contributed by atoms with Crippen molar-refractivity contribution in [2.24, 2.45) is 0 Å². The van der Waals surface area contributed by atoms with Gasteiger partial charge in [0.15, 0.2) is 0 Å². The molecule has 0 aromatic heterocycles. The van der Waals surface area contributed by atoms with Crippen LogP contribution in [0.2, 0.25) is 0 Å². The molecule has 0 amide bonds. The second-order valence-corrected chi connectivity index (χ2v) is 3.74. The molecule has 0 heterocycles. The van der Waals surface area contributed by atoms with Crippen LogP contribution in [0.5, 0.6) is 0 Å². The van der Waals surface area contributed by atoms with Crippen LogP contribution in [0, 0.1) is 0 Å². The quantitative estimate of drug-likeness (QED) is 0.695. The molecule has 0 bridgehead atoms. The minimum absolute atomic E-state index is 0.137. The van der Waals surface area contributed by atoms with Crippen LogP contribution < -0.4 is 0 Å². The molecule has 0 spiro atoms. The van der Waals surface area contributed by atoms with Gasteiger partial charge in [0.2, 0.25) is 0 Å². The highest BCUT2D eigenvalue weighted by Crippen LogP contribution is 2.26. The molecule has 0 saturated carbocycles. The van der Waals surface area contributed by atoms with E-state index in [9.17, 15) is 4.79 Å². The molecule has 1 atom stereocenters. The van der Waals surface area contributed by atoms with Crippen LogP contribution >= 0.6 is 0 Å². The predicted molar refractivity (Wildman–Crippen MR) is 68.4 cm³/mol. The van der Waals surface area contributed by atoms with Gasteiger partial charge in [0.25, 0.3) is 0 Å². The van der Waals surface area contributed by atoms with Crippen LogP contribution in [0.15, 0.2) is 54.1 Å². The van der Waals surface area contributed by atoms with E-state index in [-0.39, 0.29) is 11.7 Å². The fraction of sp³-hybridized carbons (Fsp3) is 0.267. The number of carbonyl (C=O) groups is 1. The third-order valence-electron chi connectivity index (χ3n) is 2.57. The number of rotatable bonds is 4. The Morgan fingerprint density at radius 2 is 1.81 bits per heavy atom. The lowest BCUT2D eigenvalue weighted by atomic mass is 9.87. The van der Waals surface area contributed by atoms with E-state index in [0.717, 1.165) is 11.1 Å². The van der Waals surface area contributed by atoms with Gasteiger partial charge in [-0.05, 0) is 31.9 Å². The van der Waals surface area contributed by atoms with Crippen LogP contribution in [-0.4, -0.2) is 5.78 Å². The van der Waals surface area contributed by atoms with Crippen molar-refractivity contribution in [2.45, 2.75) is 26.7 Å². The number of hydrogen-bond acceptors (Lipinski definition) is 1. The topological polar surface area (TPSA) is 17.1 Å². The Bertz CT molecular complexity index is 399. The Hall–Kier alpha value is -1.63. The lowest BCUT2D eigenvalue weighted by Gasteiger charge is -2.15. The molecule has 1 rings (SSSR count). The van der Waals surface area contributed by atoms with Gasteiger partial charge in [0.05, 0.1) is 5.92 Å². The smallest absolute Gasteiger partial charge is 0.141 e. The summed E-state index contributed by atoms with van der Waals surface area (Å²) in [4.78, 5) is 11.7. The maximum Gasteiger partial charge on any atom is 0.141 e. The van der Waals surface area contributed by atoms with Gasteiger partial charge in [-0.3, -0.25) is 4.79 Å². The third-order valence-corrected chi connectivity index (χ3v) is 2.57. The average molecular weight is 214 g/mol. The maximum absolute atomic E-state index is 11.7. The van der Waals surface area contributed by atoms with Crippen molar-refractivity contribution in [3.8, 4) is 0 Å². The van der Waals surface area contributed by atoms with E-state index < -0.39 is 0 Å². The summed E-state index contributed by atoms with van der Waals surface area (Å²) in [6.45, 7) is 5.57. The molecule has 1 aromatic carbocycles. The van der Waals surface area contributed by atoms with Gasteiger partial charge < -0.3 is 0 Å². The number of ketones is 1. The van der Waals surface area contributed by atoms with Gasteiger partial charge >= 0.3 is 0 Å². The molecule has 0 saturated heterocycles. The number of carbonyl (C=O) groups excluding carboxylic acids is 1. The summed E-state index contributed by atoms with van der Waals surface area (Å²) in [5.41, 5.74) is 2.11. The Labute approximate surface area is 97.5 Å². The average Bonchev–Trinajstić information content (AvgIpc) is 2.29. The zero-order valence-electron chi connectivity index (χ0n) is 10.1. The Kier molecular flexibility index (Phi) is 4.71. The molecule has 0 N–H and O–H groups in total. The second kappa shape index (κ2) is 6.06. The highest BCUT2D eigenvalue weighted by atomic mass is 16.1. The summed E-state index contributed by atoms with van der Waals surface area (Å²) in [7, 11) is 0. The van der Waals surface area contributed by atoms with Crippen LogP contribution in [0.3, 0.4) is 0 Å². The summed E-state index contributed by atoms with van der Waals surface area (Å²) in [5, 5.41) is 0. The van der Waals surface area contributed by atoms with Crippen LogP contribution in [0.25, 0.3) is 0 Å². The molecule has 1 unspecified atom stereocenters. The summed E-state index contributed by atoms with van der Waals surface area (Å²) in [6.07, 6.45) is 5.96. The van der Waals surface area contributed by atoms with E-state index in [1.54, 1.807) is 6.92 Å². The van der Waals surface area contributed by atoms with E-state index in [0.29, 0.717) is 0 Å². The fourth-order valence-corrected chi connectivity index (χ4v) is 1.86. The monoisotopic (exact) mass is 214 g/mol. The van der Waals surface area contributed by atoms with Gasteiger partial charge in [0, 0.05) is 0 Å². The van der Waals surface area contributed by atoms with Gasteiger partial charge in [-0.25, -0.2) is 0 Å². The van der Waals surface area contributed by atoms with E-state index in [1.807, 2.05) is 62.4 Å². The first-order valence-corrected chi connectivity index (χ1v) is 5.55. The van der Waals surface area contributed by atoms with E-state index in [2.05, 4.69) is 0 Å². The number of hydrogen-bond donors (Lipinski definition) is 0. The number of Topliss-reactive ketones (excluding diaryl/α,β-unsaturated/α-hetero) is 1. The highest BCUT2D eigenvalue weighted by Gasteiger charge is 2.18. The molecule has 0 radical (unpaired) electrons. The van der Waals surface area contributed by atoms with Gasteiger partial charge in [-0.2, -0.15) is 0 Å². The van der Waals surface area contributed by atoms with Gasteiger partial charge in [-0.1, -0.05) is 48.6 Å². The molecule has 1 heteroatoms. The van der Waals surface area contributed by atoms with Crippen molar-refractivity contribution in [1.29, 1.82) is 0 Å². The first-order chi connectivity index (χ1) is 7.70. The summed E-state index contributed by atoms with van der Waals surface area (Å²) in [6, 6.07) is 9.90. The van der Waals surface area contributed by atoms with Crippen molar-refractivity contribution in [1.82, 2.24) is 0 Å². The molecule has 0 fully saturated rings. The largest absolute Gasteiger partial charge is 0.299 e. The third kappa shape index (κ3) is 2.93. The van der Waals surface area contributed by atoms with Crippen molar-refractivity contribution in [2.75, 3.05) is 0 Å². The van der Waals surface area contributed by atoms with E-state index in [1.165, 1.54) is 0 Å². The minimum Gasteiger partial charge on any atom is -0.299 e. The maximum atomic E-state index is 11.7. The first-order valence-electron chi connectivity index (χ1n) is 5.55. The normalized spacial score (nSPS) is 14.1. The number of benzene rings is 1. The molecule has 16 heavy (non-hydrogen) atoms. The van der Waals surface area contributed by atoms with Gasteiger partial charge in [0.1, 0.15) is 5.78 Å². The molecule has 1 aromatic rings. The van der Waals surface area contributed by atoms with E-state index >= 15 is 0 Å². The Balaban J connectivity index is 3.15. The Morgan fingerprint density at radius 3 is 2.25 bits per heavy atom. The second-order valence-electron chi connectivity index (χ2n) is 3.74. The molecule has 1 nitrogen and oxygen atoms in total. The Morgan fingerprint density at radius 1 is 1.19 bits per heavy atom. The van der Waals surface area contributed by atoms with Crippen LogP contribution in [0.1, 0.15) is 32.3 Å². The molecule has 0 aliphatic rings.